The molecule has 0 aliphatic heterocycles. The topological polar surface area (TPSA) is 32.9 Å². The Balaban J connectivity index is 3.32. The standard InChI is InChI=1S/C7H5Cl2F2NO/c8-2-3-1-4(13)5(7(10)11)6(9)12-3/h1,7H,2H2,(H,12,13). The molecule has 0 bridgehead atoms. The van der Waals surface area contributed by atoms with Crippen LogP contribution in [-0.2, 0) is 5.88 Å². The Morgan fingerprint density at radius 1 is 1.54 bits per heavy atom. The second-order valence-electron chi connectivity index (χ2n) is 2.32. The number of aromatic nitrogens is 1. The number of hydrogen-bond acceptors (Lipinski definition) is 1. The molecule has 1 aromatic heterocycles. The molecule has 0 spiro atoms. The Labute approximate surface area is 82.5 Å². The first-order valence-corrected chi connectivity index (χ1v) is 4.23. The normalized spacial score (nSPS) is 10.8. The molecular weight excluding hydrogens is 223 g/mol. The molecule has 1 rings (SSSR count). The summed E-state index contributed by atoms with van der Waals surface area (Å²) in [6.07, 6.45) is -2.87. The van der Waals surface area contributed by atoms with Gasteiger partial charge < -0.3 is 4.98 Å². The lowest BCUT2D eigenvalue weighted by Crippen LogP contribution is -2.11. The minimum absolute atomic E-state index is 0.0263. The van der Waals surface area contributed by atoms with Crippen molar-refractivity contribution in [2.75, 3.05) is 0 Å². The number of rotatable bonds is 2. The third kappa shape index (κ3) is 2.19. The lowest BCUT2D eigenvalue weighted by Gasteiger charge is -2.03. The van der Waals surface area contributed by atoms with Gasteiger partial charge in [-0.25, -0.2) is 8.78 Å². The minimum Gasteiger partial charge on any atom is -0.348 e. The van der Waals surface area contributed by atoms with Crippen molar-refractivity contribution in [2.45, 2.75) is 12.3 Å². The summed E-state index contributed by atoms with van der Waals surface area (Å²) in [5.74, 6) is 0.0263. The molecule has 0 saturated heterocycles. The Morgan fingerprint density at radius 3 is 2.54 bits per heavy atom. The number of aromatic amines is 1. The maximum Gasteiger partial charge on any atom is 0.270 e. The van der Waals surface area contributed by atoms with Crippen LogP contribution < -0.4 is 5.43 Å². The van der Waals surface area contributed by atoms with Crippen molar-refractivity contribution < 1.29 is 8.78 Å². The number of H-pyrrole nitrogens is 1. The van der Waals surface area contributed by atoms with Crippen molar-refractivity contribution >= 4 is 23.2 Å². The average molecular weight is 228 g/mol. The molecule has 1 N–H and O–H groups in total. The van der Waals surface area contributed by atoms with E-state index < -0.39 is 17.4 Å². The highest BCUT2D eigenvalue weighted by molar-refractivity contribution is 6.30. The highest BCUT2D eigenvalue weighted by Crippen LogP contribution is 2.22. The summed E-state index contributed by atoms with van der Waals surface area (Å²) in [5.41, 5.74) is -1.19. The molecule has 1 heterocycles. The van der Waals surface area contributed by atoms with Gasteiger partial charge in [0.2, 0.25) is 0 Å². The van der Waals surface area contributed by atoms with Crippen LogP contribution in [0.3, 0.4) is 0 Å². The molecule has 2 nitrogen and oxygen atoms in total. The number of alkyl halides is 3. The van der Waals surface area contributed by atoms with Gasteiger partial charge >= 0.3 is 0 Å². The minimum atomic E-state index is -2.87. The van der Waals surface area contributed by atoms with Crippen LogP contribution in [0.2, 0.25) is 5.15 Å². The van der Waals surface area contributed by atoms with Crippen LogP contribution in [0, 0.1) is 0 Å². The monoisotopic (exact) mass is 227 g/mol. The molecule has 72 valence electrons. The smallest absolute Gasteiger partial charge is 0.270 e. The van der Waals surface area contributed by atoms with Crippen LogP contribution in [0.15, 0.2) is 10.9 Å². The molecule has 13 heavy (non-hydrogen) atoms. The van der Waals surface area contributed by atoms with E-state index in [2.05, 4.69) is 4.98 Å². The molecular formula is C7H5Cl2F2NO. The summed E-state index contributed by atoms with van der Waals surface area (Å²) in [6, 6.07) is 1.01. The number of nitrogens with one attached hydrogen (secondary N) is 1. The predicted molar refractivity (Wildman–Crippen MR) is 46.6 cm³/mol. The van der Waals surface area contributed by atoms with Gasteiger partial charge in [0.05, 0.1) is 5.88 Å². The molecule has 1 aromatic rings. The molecule has 0 amide bonds. The van der Waals surface area contributed by atoms with Gasteiger partial charge in [-0.1, -0.05) is 11.6 Å². The Hall–Kier alpha value is -0.610. The van der Waals surface area contributed by atoms with Gasteiger partial charge in [0, 0.05) is 11.8 Å². The second-order valence-corrected chi connectivity index (χ2v) is 2.97. The first-order valence-electron chi connectivity index (χ1n) is 3.32. The Bertz CT molecular complexity index is 364. The van der Waals surface area contributed by atoms with E-state index in [4.69, 9.17) is 23.2 Å². The van der Waals surface area contributed by atoms with Gasteiger partial charge in [-0.2, -0.15) is 0 Å². The molecule has 0 aliphatic rings. The van der Waals surface area contributed by atoms with Crippen LogP contribution in [0.1, 0.15) is 17.7 Å². The molecule has 0 aliphatic carbocycles. The van der Waals surface area contributed by atoms with Gasteiger partial charge in [-0.3, -0.25) is 4.79 Å². The third-order valence-electron chi connectivity index (χ3n) is 1.44. The van der Waals surface area contributed by atoms with Crippen LogP contribution >= 0.6 is 23.2 Å². The van der Waals surface area contributed by atoms with Gasteiger partial charge in [0.25, 0.3) is 6.43 Å². The van der Waals surface area contributed by atoms with E-state index in [1.54, 1.807) is 0 Å². The zero-order chi connectivity index (χ0) is 10.0. The van der Waals surface area contributed by atoms with Crippen molar-refractivity contribution in [1.29, 1.82) is 0 Å². The van der Waals surface area contributed by atoms with Crippen LogP contribution in [0.5, 0.6) is 0 Å². The molecule has 6 heteroatoms. The SMILES string of the molecule is O=c1cc(CCl)[nH]c(Cl)c1C(F)F. The van der Waals surface area contributed by atoms with Gasteiger partial charge in [0.1, 0.15) is 10.7 Å². The molecule has 0 radical (unpaired) electrons. The summed E-state index contributed by atoms with van der Waals surface area (Å²) in [5, 5.41) is -0.349. The fourth-order valence-corrected chi connectivity index (χ4v) is 1.30. The van der Waals surface area contributed by atoms with Gasteiger partial charge in [-0.05, 0) is 0 Å². The molecule has 0 aromatic carbocycles. The first kappa shape index (κ1) is 10.5. The summed E-state index contributed by atoms with van der Waals surface area (Å²) in [7, 11) is 0. The van der Waals surface area contributed by atoms with Crippen LogP contribution in [-0.4, -0.2) is 4.98 Å². The van der Waals surface area contributed by atoms with E-state index in [9.17, 15) is 13.6 Å². The quantitative estimate of drug-likeness (QED) is 0.612. The van der Waals surface area contributed by atoms with E-state index in [0.29, 0.717) is 5.69 Å². The highest BCUT2D eigenvalue weighted by Gasteiger charge is 2.17. The van der Waals surface area contributed by atoms with Crippen LogP contribution in [0.25, 0.3) is 0 Å². The molecule has 0 saturated carbocycles. The molecule has 0 atom stereocenters. The summed E-state index contributed by atoms with van der Waals surface area (Å²) in [6.45, 7) is 0. The van der Waals surface area contributed by atoms with Crippen molar-refractivity contribution in [3.63, 3.8) is 0 Å². The largest absolute Gasteiger partial charge is 0.348 e. The highest BCUT2D eigenvalue weighted by atomic mass is 35.5. The Morgan fingerprint density at radius 2 is 2.15 bits per heavy atom. The number of halogens is 4. The zero-order valence-corrected chi connectivity index (χ0v) is 7.79. The maximum absolute atomic E-state index is 12.2. The summed E-state index contributed by atoms with van der Waals surface area (Å²) < 4.78 is 24.4. The summed E-state index contributed by atoms with van der Waals surface area (Å²) in [4.78, 5) is 13.4. The zero-order valence-electron chi connectivity index (χ0n) is 6.28. The fourth-order valence-electron chi connectivity index (χ4n) is 0.864. The van der Waals surface area contributed by atoms with Gasteiger partial charge in [0.15, 0.2) is 5.43 Å². The van der Waals surface area contributed by atoms with Crippen molar-refractivity contribution in [3.8, 4) is 0 Å². The van der Waals surface area contributed by atoms with E-state index in [1.807, 2.05) is 0 Å². The van der Waals surface area contributed by atoms with Crippen molar-refractivity contribution in [2.24, 2.45) is 0 Å². The van der Waals surface area contributed by atoms with E-state index in [1.165, 1.54) is 0 Å². The average Bonchev–Trinajstić information content (AvgIpc) is 2.02. The van der Waals surface area contributed by atoms with E-state index in [0.717, 1.165) is 6.07 Å². The van der Waals surface area contributed by atoms with Crippen LogP contribution in [0.4, 0.5) is 8.78 Å². The maximum atomic E-state index is 12.2. The fraction of sp³-hybridized carbons (Fsp3) is 0.286. The predicted octanol–water partition coefficient (Wildman–Crippen LogP) is 2.70. The van der Waals surface area contributed by atoms with Crippen molar-refractivity contribution in [3.05, 3.63) is 32.7 Å². The van der Waals surface area contributed by atoms with Crippen molar-refractivity contribution in [1.82, 2.24) is 4.98 Å². The second kappa shape index (κ2) is 4.07. The first-order chi connectivity index (χ1) is 6.06. The lowest BCUT2D eigenvalue weighted by molar-refractivity contribution is 0.150. The molecule has 0 fully saturated rings. The Kier molecular flexibility index (Phi) is 3.27. The number of hydrogen-bond donors (Lipinski definition) is 1. The third-order valence-corrected chi connectivity index (χ3v) is 2.03. The van der Waals surface area contributed by atoms with E-state index >= 15 is 0 Å². The summed E-state index contributed by atoms with van der Waals surface area (Å²) >= 11 is 10.8. The molecule has 0 unspecified atom stereocenters. The van der Waals surface area contributed by atoms with Gasteiger partial charge in [-0.15, -0.1) is 11.6 Å². The lowest BCUT2D eigenvalue weighted by atomic mass is 10.2. The van der Waals surface area contributed by atoms with E-state index in [-0.39, 0.29) is 11.0 Å². The number of pyridine rings is 1.